The maximum atomic E-state index is 12.5. The van der Waals surface area contributed by atoms with E-state index in [2.05, 4.69) is 42.4 Å². The number of carbonyl (C=O) groups is 1. The number of nitrogens with zero attached hydrogens (tertiary/aromatic N) is 1. The van der Waals surface area contributed by atoms with Crippen molar-refractivity contribution in [2.75, 3.05) is 14.2 Å². The lowest BCUT2D eigenvalue weighted by Gasteiger charge is -2.12. The Hall–Kier alpha value is -2.84. The first-order chi connectivity index (χ1) is 15.0. The SMILES string of the molecule is COc1cc(C(=O)N/N=C/c2cc(Br)cc(Br)c2OC)ccc1OCc1ccccc1. The summed E-state index contributed by atoms with van der Waals surface area (Å²) in [6, 6.07) is 18.5. The highest BCUT2D eigenvalue weighted by Gasteiger charge is 2.12. The number of nitrogens with one attached hydrogen (secondary N) is 1. The van der Waals surface area contributed by atoms with Crippen molar-refractivity contribution in [3.05, 3.63) is 86.3 Å². The molecule has 0 heterocycles. The molecular weight excluding hydrogens is 528 g/mol. The van der Waals surface area contributed by atoms with Crippen molar-refractivity contribution in [3.63, 3.8) is 0 Å². The van der Waals surface area contributed by atoms with E-state index in [1.165, 1.54) is 13.3 Å². The Balaban J connectivity index is 1.69. The predicted octanol–water partition coefficient (Wildman–Crippen LogP) is 5.57. The highest BCUT2D eigenvalue weighted by Crippen LogP contribution is 2.32. The zero-order chi connectivity index (χ0) is 22.2. The van der Waals surface area contributed by atoms with Crippen LogP contribution in [0.1, 0.15) is 21.5 Å². The fraction of sp³-hybridized carbons (Fsp3) is 0.130. The van der Waals surface area contributed by atoms with Crippen LogP contribution in [0.4, 0.5) is 0 Å². The van der Waals surface area contributed by atoms with E-state index in [-0.39, 0.29) is 5.91 Å². The average Bonchev–Trinajstić information content (AvgIpc) is 2.78. The van der Waals surface area contributed by atoms with E-state index in [4.69, 9.17) is 14.2 Å². The van der Waals surface area contributed by atoms with Crippen LogP contribution in [0.25, 0.3) is 0 Å². The standard InChI is InChI=1S/C23H20Br2N2O4/c1-29-21-11-16(8-9-20(21)31-14-15-6-4-3-5-7-15)23(28)27-26-13-17-10-18(24)12-19(25)22(17)30-2/h3-13H,14H2,1-2H3,(H,27,28)/b26-13+. The van der Waals surface area contributed by atoms with Gasteiger partial charge in [0, 0.05) is 15.6 Å². The molecule has 1 amide bonds. The van der Waals surface area contributed by atoms with Crippen LogP contribution >= 0.6 is 31.9 Å². The van der Waals surface area contributed by atoms with Gasteiger partial charge in [0.1, 0.15) is 12.4 Å². The summed E-state index contributed by atoms with van der Waals surface area (Å²) in [5.74, 6) is 1.25. The summed E-state index contributed by atoms with van der Waals surface area (Å²) in [7, 11) is 3.10. The summed E-state index contributed by atoms with van der Waals surface area (Å²) in [6.45, 7) is 0.400. The van der Waals surface area contributed by atoms with Gasteiger partial charge in [-0.15, -0.1) is 0 Å². The molecule has 0 atom stereocenters. The van der Waals surface area contributed by atoms with E-state index in [1.807, 2.05) is 42.5 Å². The molecule has 0 aliphatic rings. The molecule has 0 aromatic heterocycles. The molecule has 160 valence electrons. The third-order valence-electron chi connectivity index (χ3n) is 4.27. The average molecular weight is 548 g/mol. The van der Waals surface area contributed by atoms with Crippen LogP contribution in [-0.4, -0.2) is 26.3 Å². The number of benzene rings is 3. The molecule has 31 heavy (non-hydrogen) atoms. The van der Waals surface area contributed by atoms with Crippen molar-refractivity contribution >= 4 is 44.0 Å². The summed E-state index contributed by atoms with van der Waals surface area (Å²) in [6.07, 6.45) is 1.51. The number of carbonyl (C=O) groups excluding carboxylic acids is 1. The minimum absolute atomic E-state index is 0.378. The highest BCUT2D eigenvalue weighted by molar-refractivity contribution is 9.11. The first kappa shape index (κ1) is 22.8. The van der Waals surface area contributed by atoms with Gasteiger partial charge in [0.2, 0.25) is 0 Å². The molecule has 0 fully saturated rings. The zero-order valence-corrected chi connectivity index (χ0v) is 20.1. The lowest BCUT2D eigenvalue weighted by atomic mass is 10.2. The summed E-state index contributed by atoms with van der Waals surface area (Å²) in [5.41, 5.74) is 4.64. The van der Waals surface area contributed by atoms with E-state index < -0.39 is 0 Å². The van der Waals surface area contributed by atoms with E-state index in [0.29, 0.717) is 35.0 Å². The second-order valence-electron chi connectivity index (χ2n) is 6.35. The highest BCUT2D eigenvalue weighted by atomic mass is 79.9. The first-order valence-electron chi connectivity index (χ1n) is 9.23. The Bertz CT molecular complexity index is 1090. The fourth-order valence-corrected chi connectivity index (χ4v) is 4.20. The maximum absolute atomic E-state index is 12.5. The Morgan fingerprint density at radius 1 is 1.00 bits per heavy atom. The normalized spacial score (nSPS) is 10.7. The Morgan fingerprint density at radius 2 is 1.77 bits per heavy atom. The van der Waals surface area contributed by atoms with Gasteiger partial charge in [0.05, 0.1) is 24.9 Å². The molecular formula is C23H20Br2N2O4. The van der Waals surface area contributed by atoms with Crippen LogP contribution < -0.4 is 19.6 Å². The van der Waals surface area contributed by atoms with Gasteiger partial charge >= 0.3 is 0 Å². The van der Waals surface area contributed by atoms with Crippen LogP contribution in [0.2, 0.25) is 0 Å². The number of hydrogen-bond donors (Lipinski definition) is 1. The minimum atomic E-state index is -0.378. The van der Waals surface area contributed by atoms with E-state index in [1.54, 1.807) is 25.3 Å². The number of rotatable bonds is 8. The molecule has 0 radical (unpaired) electrons. The lowest BCUT2D eigenvalue weighted by molar-refractivity contribution is 0.0954. The molecule has 0 saturated heterocycles. The van der Waals surface area contributed by atoms with Crippen LogP contribution in [0, 0.1) is 0 Å². The summed E-state index contributed by atoms with van der Waals surface area (Å²) in [4.78, 5) is 12.5. The Kier molecular flexibility index (Phi) is 8.08. The first-order valence-corrected chi connectivity index (χ1v) is 10.8. The van der Waals surface area contributed by atoms with E-state index in [0.717, 1.165) is 14.5 Å². The molecule has 0 aliphatic carbocycles. The smallest absolute Gasteiger partial charge is 0.271 e. The molecule has 0 saturated carbocycles. The molecule has 1 N–H and O–H groups in total. The van der Waals surface area contributed by atoms with Crippen molar-refractivity contribution < 1.29 is 19.0 Å². The van der Waals surface area contributed by atoms with Gasteiger partial charge in [0.25, 0.3) is 5.91 Å². The van der Waals surface area contributed by atoms with Gasteiger partial charge in [0.15, 0.2) is 11.5 Å². The molecule has 0 bridgehead atoms. The van der Waals surface area contributed by atoms with Gasteiger partial charge in [-0.25, -0.2) is 5.43 Å². The fourth-order valence-electron chi connectivity index (χ4n) is 2.78. The van der Waals surface area contributed by atoms with Crippen molar-refractivity contribution in [1.82, 2.24) is 5.43 Å². The zero-order valence-electron chi connectivity index (χ0n) is 16.9. The molecule has 0 spiro atoms. The van der Waals surface area contributed by atoms with Crippen LogP contribution in [0.5, 0.6) is 17.2 Å². The van der Waals surface area contributed by atoms with Crippen molar-refractivity contribution in [3.8, 4) is 17.2 Å². The van der Waals surface area contributed by atoms with E-state index >= 15 is 0 Å². The summed E-state index contributed by atoms with van der Waals surface area (Å²) >= 11 is 6.86. The second kappa shape index (κ2) is 11.0. The largest absolute Gasteiger partial charge is 0.495 e. The lowest BCUT2D eigenvalue weighted by Crippen LogP contribution is -2.17. The number of hydrogen-bond acceptors (Lipinski definition) is 5. The Labute approximate surface area is 197 Å². The molecule has 3 aromatic rings. The molecule has 8 heteroatoms. The van der Waals surface area contributed by atoms with Gasteiger partial charge in [-0.3, -0.25) is 4.79 Å². The van der Waals surface area contributed by atoms with Gasteiger partial charge in [-0.1, -0.05) is 46.3 Å². The summed E-state index contributed by atoms with van der Waals surface area (Å²) in [5, 5.41) is 4.04. The van der Waals surface area contributed by atoms with Crippen molar-refractivity contribution in [1.29, 1.82) is 0 Å². The maximum Gasteiger partial charge on any atom is 0.271 e. The number of methoxy groups -OCH3 is 2. The van der Waals surface area contributed by atoms with Gasteiger partial charge < -0.3 is 14.2 Å². The van der Waals surface area contributed by atoms with Crippen LogP contribution in [0.15, 0.2) is 74.7 Å². The van der Waals surface area contributed by atoms with Crippen LogP contribution in [-0.2, 0) is 6.61 Å². The molecule has 0 aliphatic heterocycles. The topological polar surface area (TPSA) is 69.2 Å². The van der Waals surface area contributed by atoms with Gasteiger partial charge in [-0.05, 0) is 51.8 Å². The van der Waals surface area contributed by atoms with E-state index in [9.17, 15) is 4.79 Å². The molecule has 3 aromatic carbocycles. The predicted molar refractivity (Wildman–Crippen MR) is 127 cm³/mol. The quantitative estimate of drug-likeness (QED) is 0.295. The summed E-state index contributed by atoms with van der Waals surface area (Å²) < 4.78 is 18.2. The third kappa shape index (κ3) is 6.08. The molecule has 3 rings (SSSR count). The Morgan fingerprint density at radius 3 is 2.48 bits per heavy atom. The third-order valence-corrected chi connectivity index (χ3v) is 5.32. The van der Waals surface area contributed by atoms with Crippen molar-refractivity contribution in [2.24, 2.45) is 5.10 Å². The molecule has 6 nitrogen and oxygen atoms in total. The number of ether oxygens (including phenoxy) is 3. The molecule has 0 unspecified atom stereocenters. The number of halogens is 2. The number of amides is 1. The van der Waals surface area contributed by atoms with Gasteiger partial charge in [-0.2, -0.15) is 5.10 Å². The monoisotopic (exact) mass is 546 g/mol. The number of hydrazone groups is 1. The second-order valence-corrected chi connectivity index (χ2v) is 8.12. The van der Waals surface area contributed by atoms with Crippen LogP contribution in [0.3, 0.4) is 0 Å². The van der Waals surface area contributed by atoms with Crippen molar-refractivity contribution in [2.45, 2.75) is 6.61 Å². The minimum Gasteiger partial charge on any atom is -0.495 e.